The maximum Gasteiger partial charge on any atom is 0.416 e. The average Bonchev–Trinajstić information content (AvgIpc) is 3.35. The number of hydrogen-bond donors (Lipinski definition) is 1. The molecule has 0 aliphatic carbocycles. The molecule has 1 saturated heterocycles. The number of carbonyl (C=O) groups is 3. The van der Waals surface area contributed by atoms with Gasteiger partial charge in [0.05, 0.1) is 42.9 Å². The largest absolute Gasteiger partial charge is 0.461 e. The Morgan fingerprint density at radius 3 is 2.50 bits per heavy atom. The number of cyclic esters (lactones) is 1. The zero-order chi connectivity index (χ0) is 25.3. The van der Waals surface area contributed by atoms with E-state index in [1.54, 1.807) is 13.0 Å². The summed E-state index contributed by atoms with van der Waals surface area (Å²) in [6, 6.07) is 1.30. The van der Waals surface area contributed by atoms with Crippen LogP contribution in [0.5, 0.6) is 0 Å². The molecule has 0 aromatic carbocycles. The molecule has 34 heavy (non-hydrogen) atoms. The van der Waals surface area contributed by atoms with E-state index in [9.17, 15) is 14.4 Å². The molecule has 0 unspecified atom stereocenters. The van der Waals surface area contributed by atoms with E-state index in [4.69, 9.17) is 28.5 Å². The minimum Gasteiger partial charge on any atom is -0.461 e. The number of aliphatic hydroxyl groups excluding tert-OH is 1. The van der Waals surface area contributed by atoms with Crippen molar-refractivity contribution < 1.29 is 42.9 Å². The molecule has 1 fully saturated rings. The second-order valence-electron chi connectivity index (χ2n) is 8.39. The Hall–Kier alpha value is -1.95. The van der Waals surface area contributed by atoms with Crippen molar-refractivity contribution in [3.63, 3.8) is 0 Å². The lowest BCUT2D eigenvalue weighted by molar-refractivity contribution is -0.155. The molecule has 1 aliphatic heterocycles. The molecule has 1 aromatic rings. The van der Waals surface area contributed by atoms with Gasteiger partial charge in [0.25, 0.3) is 0 Å². The van der Waals surface area contributed by atoms with Crippen LogP contribution in [0.4, 0.5) is 4.79 Å². The van der Waals surface area contributed by atoms with Gasteiger partial charge in [-0.1, -0.05) is 13.8 Å². The Morgan fingerprint density at radius 1 is 1.21 bits per heavy atom. The van der Waals surface area contributed by atoms with Crippen molar-refractivity contribution >= 4 is 33.9 Å². The molecule has 11 heteroatoms. The molecule has 3 atom stereocenters. The molecular weight excluding hydrogens is 514 g/mol. The number of imide groups is 1. The molecule has 1 N–H and O–H groups in total. The molecule has 0 radical (unpaired) electrons. The zero-order valence-corrected chi connectivity index (χ0v) is 21.7. The third-order valence-corrected chi connectivity index (χ3v) is 6.08. The Kier molecular flexibility index (Phi) is 11.5. The molecule has 2 rings (SSSR count). The molecule has 1 aromatic heterocycles. The molecule has 0 spiro atoms. The summed E-state index contributed by atoms with van der Waals surface area (Å²) in [5.41, 5.74) is 0. The average molecular weight is 548 g/mol. The first-order chi connectivity index (χ1) is 16.2. The predicted molar refractivity (Wildman–Crippen MR) is 124 cm³/mol. The first kappa shape index (κ1) is 28.3. The van der Waals surface area contributed by atoms with Crippen LogP contribution in [0.2, 0.25) is 0 Å². The number of carbonyl (C=O) groups excluding carboxylic acids is 3. The fraction of sp³-hybridized carbons (Fsp3) is 0.696. The van der Waals surface area contributed by atoms with Crippen LogP contribution in [-0.4, -0.2) is 73.7 Å². The number of furan rings is 1. The number of hydrogen-bond acceptors (Lipinski definition) is 9. The number of aliphatic hydroxyl groups is 1. The number of rotatable bonds is 14. The van der Waals surface area contributed by atoms with Gasteiger partial charge in [0, 0.05) is 20.0 Å². The highest BCUT2D eigenvalue weighted by molar-refractivity contribution is 9.10. The highest BCUT2D eigenvalue weighted by atomic mass is 79.9. The fourth-order valence-electron chi connectivity index (χ4n) is 3.57. The standard InChI is InChI=1S/C23H34BrNO9/c1-14(2)18-13-32-23(29)25(18)22(28)15(3)21(33-16(4)27)20-12-17(24)19(34-20)6-5-8-30-10-11-31-9-7-26/h12,14-15,18,21,26H,5-11,13H2,1-4H3/t15-,18+,21-/m1/s1. The minimum absolute atomic E-state index is 0.0163. The second-order valence-corrected chi connectivity index (χ2v) is 9.24. The van der Waals surface area contributed by atoms with Crippen molar-refractivity contribution in [2.24, 2.45) is 11.8 Å². The maximum atomic E-state index is 13.2. The van der Waals surface area contributed by atoms with E-state index in [2.05, 4.69) is 15.9 Å². The summed E-state index contributed by atoms with van der Waals surface area (Å²) in [5.74, 6) is -0.970. The summed E-state index contributed by atoms with van der Waals surface area (Å²) < 4.78 is 27.8. The monoisotopic (exact) mass is 547 g/mol. The van der Waals surface area contributed by atoms with Crippen molar-refractivity contribution in [1.82, 2.24) is 4.90 Å². The third kappa shape index (κ3) is 7.79. The fourth-order valence-corrected chi connectivity index (χ4v) is 4.08. The van der Waals surface area contributed by atoms with Gasteiger partial charge in [-0.15, -0.1) is 0 Å². The summed E-state index contributed by atoms with van der Waals surface area (Å²) in [7, 11) is 0. The van der Waals surface area contributed by atoms with Crippen molar-refractivity contribution in [3.05, 3.63) is 22.1 Å². The smallest absolute Gasteiger partial charge is 0.416 e. The van der Waals surface area contributed by atoms with Gasteiger partial charge in [-0.25, -0.2) is 9.69 Å². The van der Waals surface area contributed by atoms with Gasteiger partial charge in [-0.05, 0) is 41.3 Å². The van der Waals surface area contributed by atoms with Crippen LogP contribution < -0.4 is 0 Å². The predicted octanol–water partition coefficient (Wildman–Crippen LogP) is 3.24. The molecule has 0 bridgehead atoms. The maximum absolute atomic E-state index is 13.2. The first-order valence-corrected chi connectivity index (χ1v) is 12.2. The van der Waals surface area contributed by atoms with Gasteiger partial charge in [0.2, 0.25) is 5.91 Å². The Bertz CT molecular complexity index is 825. The van der Waals surface area contributed by atoms with E-state index in [1.807, 2.05) is 13.8 Å². The molecule has 2 heterocycles. The van der Waals surface area contributed by atoms with E-state index in [0.717, 1.165) is 4.90 Å². The van der Waals surface area contributed by atoms with Crippen LogP contribution in [-0.2, 0) is 35.0 Å². The molecule has 0 saturated carbocycles. The molecule has 2 amide bonds. The molecule has 192 valence electrons. The van der Waals surface area contributed by atoms with Crippen LogP contribution in [0.15, 0.2) is 15.0 Å². The van der Waals surface area contributed by atoms with Crippen molar-refractivity contribution in [1.29, 1.82) is 0 Å². The number of amides is 2. The lowest BCUT2D eigenvalue weighted by atomic mass is 9.98. The van der Waals surface area contributed by atoms with Crippen molar-refractivity contribution in [2.75, 3.05) is 39.6 Å². The van der Waals surface area contributed by atoms with Gasteiger partial charge in [-0.3, -0.25) is 9.59 Å². The third-order valence-electron chi connectivity index (χ3n) is 5.41. The van der Waals surface area contributed by atoms with Gasteiger partial charge < -0.3 is 28.5 Å². The highest BCUT2D eigenvalue weighted by Crippen LogP contribution is 2.35. The van der Waals surface area contributed by atoms with Gasteiger partial charge >= 0.3 is 12.1 Å². The summed E-state index contributed by atoms with van der Waals surface area (Å²) in [4.78, 5) is 38.4. The van der Waals surface area contributed by atoms with Gasteiger partial charge in [0.1, 0.15) is 18.1 Å². The van der Waals surface area contributed by atoms with Crippen LogP contribution in [0.3, 0.4) is 0 Å². The topological polar surface area (TPSA) is 125 Å². The van der Waals surface area contributed by atoms with E-state index in [0.29, 0.717) is 48.7 Å². The lowest BCUT2D eigenvalue weighted by Crippen LogP contribution is -2.45. The zero-order valence-electron chi connectivity index (χ0n) is 20.1. The van der Waals surface area contributed by atoms with E-state index in [-0.39, 0.29) is 31.8 Å². The molecular formula is C23H34BrNO9. The lowest BCUT2D eigenvalue weighted by Gasteiger charge is -2.28. The number of ether oxygens (including phenoxy) is 4. The van der Waals surface area contributed by atoms with Crippen LogP contribution in [0.25, 0.3) is 0 Å². The molecule has 10 nitrogen and oxygen atoms in total. The quantitative estimate of drug-likeness (QED) is 0.276. The SMILES string of the molecule is CC(=O)O[C@@H](c1cc(Br)c(CCCOCCOCCO)o1)[C@@H](C)C(=O)N1C(=O)OC[C@H]1C(C)C. The number of aryl methyl sites for hydroxylation is 1. The van der Waals surface area contributed by atoms with E-state index >= 15 is 0 Å². The van der Waals surface area contributed by atoms with Crippen LogP contribution in [0, 0.1) is 11.8 Å². The minimum atomic E-state index is -1.00. The Morgan fingerprint density at radius 2 is 1.88 bits per heavy atom. The van der Waals surface area contributed by atoms with Crippen LogP contribution in [0.1, 0.15) is 51.7 Å². The number of halogens is 1. The number of nitrogens with zero attached hydrogens (tertiary/aromatic N) is 1. The Balaban J connectivity index is 2.05. The Labute approximate surface area is 208 Å². The summed E-state index contributed by atoms with van der Waals surface area (Å²) in [6.07, 6.45) is -0.467. The second kappa shape index (κ2) is 13.8. The van der Waals surface area contributed by atoms with Gasteiger partial charge in [-0.2, -0.15) is 0 Å². The number of esters is 1. The van der Waals surface area contributed by atoms with Gasteiger partial charge in [0.15, 0.2) is 6.10 Å². The summed E-state index contributed by atoms with van der Waals surface area (Å²) in [5, 5.41) is 8.66. The highest BCUT2D eigenvalue weighted by Gasteiger charge is 2.44. The summed E-state index contributed by atoms with van der Waals surface area (Å²) >= 11 is 3.47. The normalized spacial score (nSPS) is 17.7. The molecule has 1 aliphatic rings. The van der Waals surface area contributed by atoms with Crippen LogP contribution >= 0.6 is 15.9 Å². The first-order valence-electron chi connectivity index (χ1n) is 11.4. The van der Waals surface area contributed by atoms with Crippen molar-refractivity contribution in [3.8, 4) is 0 Å². The summed E-state index contributed by atoms with van der Waals surface area (Å²) in [6.45, 7) is 8.39. The van der Waals surface area contributed by atoms with E-state index in [1.165, 1.54) is 6.92 Å². The van der Waals surface area contributed by atoms with E-state index < -0.39 is 30.0 Å². The van der Waals surface area contributed by atoms with Crippen molar-refractivity contribution in [2.45, 2.75) is 52.7 Å².